The molecule has 1 aromatic carbocycles. The lowest BCUT2D eigenvalue weighted by Gasteiger charge is -1.97. The van der Waals surface area contributed by atoms with Crippen LogP contribution in [0.5, 0.6) is 0 Å². The lowest BCUT2D eigenvalue weighted by Crippen LogP contribution is -1.97. The third kappa shape index (κ3) is 1.83. The summed E-state index contributed by atoms with van der Waals surface area (Å²) in [5, 5.41) is 0. The predicted molar refractivity (Wildman–Crippen MR) is 74.0 cm³/mol. The van der Waals surface area contributed by atoms with Crippen LogP contribution >= 0.6 is 15.9 Å². The van der Waals surface area contributed by atoms with Gasteiger partial charge in [-0.3, -0.25) is 0 Å². The van der Waals surface area contributed by atoms with E-state index >= 15 is 0 Å². The number of rotatable bonds is 2. The first-order valence-electron chi connectivity index (χ1n) is 5.58. The number of nitrogens with one attached hydrogen (secondary N) is 2. The van der Waals surface area contributed by atoms with Crippen molar-refractivity contribution >= 4 is 27.0 Å². The van der Waals surface area contributed by atoms with Crippen LogP contribution in [-0.2, 0) is 6.54 Å². The monoisotopic (exact) mass is 305 g/mol. The second kappa shape index (κ2) is 4.22. The normalized spacial score (nSPS) is 11.3. The number of hydrogen-bond acceptors (Lipinski definition) is 3. The van der Waals surface area contributed by atoms with Gasteiger partial charge in [-0.1, -0.05) is 6.07 Å². The van der Waals surface area contributed by atoms with Gasteiger partial charge in [-0.15, -0.1) is 0 Å². The lowest BCUT2D eigenvalue weighted by molar-refractivity contribution is 0.947. The molecule has 0 bridgehead atoms. The lowest BCUT2D eigenvalue weighted by atomic mass is 10.1. The Hall–Kier alpha value is -1.66. The summed E-state index contributed by atoms with van der Waals surface area (Å²) >= 11 is 3.46. The number of hydrogen-bond donors (Lipinski definition) is 3. The highest BCUT2D eigenvalue weighted by Gasteiger charge is 2.10. The molecular formula is C12H12BrN5. The minimum Gasteiger partial charge on any atom is -0.342 e. The third-order valence-corrected chi connectivity index (χ3v) is 3.35. The van der Waals surface area contributed by atoms with Crippen molar-refractivity contribution in [3.8, 4) is 11.3 Å². The Balaban J connectivity index is 2.15. The fraction of sp³-hybridized carbons (Fsp3) is 0.167. The zero-order valence-corrected chi connectivity index (χ0v) is 11.4. The van der Waals surface area contributed by atoms with Crippen LogP contribution < -0.4 is 5.73 Å². The zero-order valence-electron chi connectivity index (χ0n) is 9.79. The quantitative estimate of drug-likeness (QED) is 0.680. The van der Waals surface area contributed by atoms with Crippen LogP contribution in [0.3, 0.4) is 0 Å². The van der Waals surface area contributed by atoms with Gasteiger partial charge in [0, 0.05) is 5.56 Å². The highest BCUT2D eigenvalue weighted by Crippen LogP contribution is 2.28. The van der Waals surface area contributed by atoms with Crippen LogP contribution in [0.2, 0.25) is 0 Å². The van der Waals surface area contributed by atoms with Crippen molar-refractivity contribution in [3.05, 3.63) is 34.5 Å². The summed E-state index contributed by atoms with van der Waals surface area (Å²) in [6.07, 6.45) is 0. The molecule has 0 radical (unpaired) electrons. The van der Waals surface area contributed by atoms with E-state index in [1.54, 1.807) is 0 Å². The van der Waals surface area contributed by atoms with Crippen LogP contribution in [0.1, 0.15) is 11.6 Å². The van der Waals surface area contributed by atoms with Crippen LogP contribution in [-0.4, -0.2) is 19.9 Å². The van der Waals surface area contributed by atoms with Gasteiger partial charge in [-0.05, 0) is 35.0 Å². The predicted octanol–water partition coefficient (Wildman–Crippen LogP) is 2.48. The van der Waals surface area contributed by atoms with Gasteiger partial charge in [-0.2, -0.15) is 0 Å². The van der Waals surface area contributed by atoms with Crippen LogP contribution in [0, 0.1) is 6.92 Å². The molecule has 3 aromatic rings. The second-order valence-corrected chi connectivity index (χ2v) is 4.90. The fourth-order valence-electron chi connectivity index (χ4n) is 1.97. The highest BCUT2D eigenvalue weighted by atomic mass is 79.9. The van der Waals surface area contributed by atoms with Gasteiger partial charge in [0.2, 0.25) is 0 Å². The summed E-state index contributed by atoms with van der Waals surface area (Å²) in [7, 11) is 0. The molecule has 0 saturated carbocycles. The number of imidazole rings is 2. The smallest absolute Gasteiger partial charge is 0.121 e. The van der Waals surface area contributed by atoms with E-state index in [0.29, 0.717) is 6.54 Å². The Kier molecular flexibility index (Phi) is 2.68. The Morgan fingerprint density at radius 3 is 2.83 bits per heavy atom. The Morgan fingerprint density at radius 2 is 2.11 bits per heavy atom. The molecule has 5 nitrogen and oxygen atoms in total. The first-order chi connectivity index (χ1) is 8.67. The molecule has 0 saturated heterocycles. The average Bonchev–Trinajstić information content (AvgIpc) is 2.89. The molecule has 2 heterocycles. The minimum atomic E-state index is 0.393. The Bertz CT molecular complexity index is 712. The van der Waals surface area contributed by atoms with Crippen LogP contribution in [0.4, 0.5) is 0 Å². The minimum absolute atomic E-state index is 0.393. The molecule has 0 fully saturated rings. The molecule has 3 rings (SSSR count). The molecular weight excluding hydrogens is 294 g/mol. The number of benzene rings is 1. The molecule has 0 atom stereocenters. The van der Waals surface area contributed by atoms with Crippen molar-refractivity contribution in [2.75, 3.05) is 0 Å². The molecule has 2 aromatic heterocycles. The summed E-state index contributed by atoms with van der Waals surface area (Å²) in [5.74, 6) is 1.67. The SMILES string of the molecule is Cc1nc2ccc(-c3nc(CN)[nH]c3Br)cc2[nH]1. The van der Waals surface area contributed by atoms with E-state index in [1.165, 1.54) is 0 Å². The van der Waals surface area contributed by atoms with E-state index < -0.39 is 0 Å². The van der Waals surface area contributed by atoms with Crippen molar-refractivity contribution in [2.45, 2.75) is 13.5 Å². The molecule has 0 unspecified atom stereocenters. The molecule has 92 valence electrons. The summed E-state index contributed by atoms with van der Waals surface area (Å²) in [6.45, 7) is 2.33. The van der Waals surface area contributed by atoms with Gasteiger partial charge in [0.1, 0.15) is 21.9 Å². The maximum absolute atomic E-state index is 5.57. The van der Waals surface area contributed by atoms with Crippen molar-refractivity contribution in [2.24, 2.45) is 5.73 Å². The molecule has 4 N–H and O–H groups in total. The number of nitrogens with zero attached hydrogens (tertiary/aromatic N) is 2. The van der Waals surface area contributed by atoms with E-state index in [2.05, 4.69) is 35.9 Å². The summed E-state index contributed by atoms with van der Waals surface area (Å²) in [4.78, 5) is 15.1. The highest BCUT2D eigenvalue weighted by molar-refractivity contribution is 9.10. The van der Waals surface area contributed by atoms with Gasteiger partial charge in [0.15, 0.2) is 0 Å². The van der Waals surface area contributed by atoms with E-state index in [4.69, 9.17) is 5.73 Å². The largest absolute Gasteiger partial charge is 0.342 e. The Labute approximate surface area is 112 Å². The van der Waals surface area contributed by atoms with Crippen molar-refractivity contribution in [3.63, 3.8) is 0 Å². The second-order valence-electron chi connectivity index (χ2n) is 4.10. The summed E-state index contributed by atoms with van der Waals surface area (Å²) < 4.78 is 0.846. The maximum Gasteiger partial charge on any atom is 0.121 e. The fourth-order valence-corrected chi connectivity index (χ4v) is 2.52. The average molecular weight is 306 g/mol. The molecule has 18 heavy (non-hydrogen) atoms. The molecule has 0 aliphatic carbocycles. The number of nitrogens with two attached hydrogens (primary N) is 1. The number of aromatic nitrogens is 4. The molecule has 0 amide bonds. The number of aromatic amines is 2. The molecule has 0 aliphatic heterocycles. The van der Waals surface area contributed by atoms with Gasteiger partial charge in [0.05, 0.1) is 17.6 Å². The Morgan fingerprint density at radius 1 is 1.28 bits per heavy atom. The van der Waals surface area contributed by atoms with Crippen molar-refractivity contribution in [1.29, 1.82) is 0 Å². The molecule has 6 heteroatoms. The van der Waals surface area contributed by atoms with Crippen molar-refractivity contribution in [1.82, 2.24) is 19.9 Å². The van der Waals surface area contributed by atoms with Gasteiger partial charge in [-0.25, -0.2) is 9.97 Å². The van der Waals surface area contributed by atoms with Gasteiger partial charge in [0.25, 0.3) is 0 Å². The van der Waals surface area contributed by atoms with Gasteiger partial charge < -0.3 is 15.7 Å². The topological polar surface area (TPSA) is 83.4 Å². The third-order valence-electron chi connectivity index (χ3n) is 2.78. The van der Waals surface area contributed by atoms with Gasteiger partial charge >= 0.3 is 0 Å². The van der Waals surface area contributed by atoms with Crippen LogP contribution in [0.15, 0.2) is 22.8 Å². The number of aryl methyl sites for hydroxylation is 1. The van der Waals surface area contributed by atoms with E-state index in [-0.39, 0.29) is 0 Å². The first-order valence-corrected chi connectivity index (χ1v) is 6.38. The first kappa shape index (κ1) is 11.4. The van der Waals surface area contributed by atoms with E-state index in [0.717, 1.165) is 38.5 Å². The van der Waals surface area contributed by atoms with Crippen LogP contribution in [0.25, 0.3) is 22.3 Å². The van der Waals surface area contributed by atoms with Crippen molar-refractivity contribution < 1.29 is 0 Å². The standard InChI is InChI=1S/C12H12BrN5/c1-6-15-8-3-2-7(4-9(8)16-6)11-12(13)18-10(5-14)17-11/h2-4H,5,14H2,1H3,(H,15,16)(H,17,18). The number of fused-ring (bicyclic) bond motifs is 1. The molecule has 0 aliphatic rings. The van der Waals surface area contributed by atoms with E-state index in [1.807, 2.05) is 25.1 Å². The summed E-state index contributed by atoms with van der Waals surface area (Å²) in [6, 6.07) is 6.03. The zero-order chi connectivity index (χ0) is 12.7. The summed E-state index contributed by atoms with van der Waals surface area (Å²) in [5.41, 5.74) is 9.43. The maximum atomic E-state index is 5.57. The number of halogens is 1. The number of H-pyrrole nitrogens is 2. The molecule has 0 spiro atoms. The van der Waals surface area contributed by atoms with E-state index in [9.17, 15) is 0 Å².